The topological polar surface area (TPSA) is 164 Å². The average molecular weight is 431 g/mol. The van der Waals surface area contributed by atoms with Crippen LogP contribution in [0.25, 0.3) is 0 Å². The first-order valence-corrected chi connectivity index (χ1v) is 8.86. The number of methoxy groups -OCH3 is 1. The third kappa shape index (κ3) is 7.35. The van der Waals surface area contributed by atoms with E-state index < -0.39 is 72.6 Å². The number of amides is 1. The van der Waals surface area contributed by atoms with Crippen molar-refractivity contribution in [1.82, 2.24) is 5.32 Å². The summed E-state index contributed by atoms with van der Waals surface area (Å²) in [4.78, 5) is 58.1. The number of aliphatic hydroxyl groups excluding tert-OH is 1. The summed E-state index contributed by atoms with van der Waals surface area (Å²) in [5.41, 5.74) is 0. The van der Waals surface area contributed by atoms with Crippen molar-refractivity contribution in [1.29, 1.82) is 0 Å². The fourth-order valence-electron chi connectivity index (χ4n) is 2.76. The molecule has 0 aromatic heterocycles. The Kier molecular flexibility index (Phi) is 9.24. The van der Waals surface area contributed by atoms with Crippen molar-refractivity contribution in [3.63, 3.8) is 0 Å². The maximum atomic E-state index is 11.9. The van der Waals surface area contributed by atoms with Gasteiger partial charge in [-0.25, -0.2) is 4.79 Å². The molecule has 12 nitrogen and oxygen atoms in total. The lowest BCUT2D eigenvalue weighted by Crippen LogP contribution is -2.61. The molecule has 0 radical (unpaired) electrons. The van der Waals surface area contributed by atoms with Gasteiger partial charge in [0, 0.05) is 27.7 Å². The van der Waals surface area contributed by atoms with Crippen LogP contribution in [0.5, 0.6) is 0 Å². The number of hydrogen-bond acceptors (Lipinski definition) is 11. The molecular formula is C18H25NO11. The summed E-state index contributed by atoms with van der Waals surface area (Å²) in [7, 11) is 1.08. The normalized spacial score (nSPS) is 22.3. The first-order chi connectivity index (χ1) is 14.0. The standard InChI is InChI=1S/C18H25NO11/c1-8(20)19-15-12(24)6-13(18(25)26-5)30-17(15)16(29-11(4)23)14(28-10(3)22)7-27-9(2)21/h6,12,14-17,24H,7H2,1-5H3,(H,19,20)/t12?,14-,15?,16-,17?/m1/s1. The summed E-state index contributed by atoms with van der Waals surface area (Å²) in [5, 5.41) is 12.9. The Labute approximate surface area is 172 Å². The quantitative estimate of drug-likeness (QED) is 0.348. The van der Waals surface area contributed by atoms with Gasteiger partial charge in [0.1, 0.15) is 12.7 Å². The first-order valence-electron chi connectivity index (χ1n) is 8.86. The predicted octanol–water partition coefficient (Wildman–Crippen LogP) is -1.27. The largest absolute Gasteiger partial charge is 0.477 e. The number of rotatable bonds is 8. The van der Waals surface area contributed by atoms with E-state index in [1.54, 1.807) is 0 Å². The molecule has 1 rings (SSSR count). The Morgan fingerprint density at radius 3 is 2.13 bits per heavy atom. The minimum absolute atomic E-state index is 0.414. The summed E-state index contributed by atoms with van der Waals surface area (Å²) < 4.78 is 25.4. The van der Waals surface area contributed by atoms with Crippen LogP contribution in [0, 0.1) is 0 Å². The molecule has 0 saturated carbocycles. The number of hydrogen-bond donors (Lipinski definition) is 2. The van der Waals surface area contributed by atoms with Gasteiger partial charge < -0.3 is 34.1 Å². The van der Waals surface area contributed by atoms with Gasteiger partial charge in [0.15, 0.2) is 18.3 Å². The maximum absolute atomic E-state index is 11.9. The molecule has 1 aliphatic rings. The molecule has 168 valence electrons. The van der Waals surface area contributed by atoms with Crippen LogP contribution in [-0.2, 0) is 47.7 Å². The third-order valence-electron chi connectivity index (χ3n) is 3.82. The van der Waals surface area contributed by atoms with Gasteiger partial charge in [-0.2, -0.15) is 0 Å². The van der Waals surface area contributed by atoms with Crippen molar-refractivity contribution in [3.05, 3.63) is 11.8 Å². The van der Waals surface area contributed by atoms with Crippen LogP contribution in [-0.4, -0.2) is 79.1 Å². The van der Waals surface area contributed by atoms with E-state index in [-0.39, 0.29) is 0 Å². The Morgan fingerprint density at radius 1 is 1.07 bits per heavy atom. The Hall–Kier alpha value is -3.15. The lowest BCUT2D eigenvalue weighted by molar-refractivity contribution is -0.190. The van der Waals surface area contributed by atoms with E-state index in [1.807, 2.05) is 0 Å². The fourth-order valence-corrected chi connectivity index (χ4v) is 2.76. The van der Waals surface area contributed by atoms with Crippen molar-refractivity contribution in [2.24, 2.45) is 0 Å². The monoisotopic (exact) mass is 431 g/mol. The van der Waals surface area contributed by atoms with Crippen LogP contribution in [0.15, 0.2) is 11.8 Å². The third-order valence-corrected chi connectivity index (χ3v) is 3.82. The zero-order valence-electron chi connectivity index (χ0n) is 17.2. The van der Waals surface area contributed by atoms with Crippen molar-refractivity contribution >= 4 is 29.8 Å². The van der Waals surface area contributed by atoms with Crippen LogP contribution in [0.3, 0.4) is 0 Å². The zero-order valence-corrected chi connectivity index (χ0v) is 17.2. The Balaban J connectivity index is 3.41. The molecule has 0 saturated heterocycles. The molecule has 30 heavy (non-hydrogen) atoms. The highest BCUT2D eigenvalue weighted by molar-refractivity contribution is 5.86. The Morgan fingerprint density at radius 2 is 1.67 bits per heavy atom. The molecule has 12 heteroatoms. The van der Waals surface area contributed by atoms with E-state index in [9.17, 15) is 29.1 Å². The molecule has 1 heterocycles. The lowest BCUT2D eigenvalue weighted by Gasteiger charge is -2.40. The zero-order chi connectivity index (χ0) is 23.0. The minimum atomic E-state index is -1.48. The van der Waals surface area contributed by atoms with Gasteiger partial charge in [-0.05, 0) is 6.08 Å². The van der Waals surface area contributed by atoms with Gasteiger partial charge in [0.25, 0.3) is 0 Å². The van der Waals surface area contributed by atoms with Crippen LogP contribution in [0.2, 0.25) is 0 Å². The second-order valence-electron chi connectivity index (χ2n) is 6.35. The highest BCUT2D eigenvalue weighted by Crippen LogP contribution is 2.26. The molecule has 2 N–H and O–H groups in total. The smallest absolute Gasteiger partial charge is 0.373 e. The van der Waals surface area contributed by atoms with E-state index >= 15 is 0 Å². The molecule has 5 atom stereocenters. The van der Waals surface area contributed by atoms with Gasteiger partial charge >= 0.3 is 23.9 Å². The first kappa shape index (κ1) is 24.9. The van der Waals surface area contributed by atoms with E-state index in [4.69, 9.17) is 18.9 Å². The molecule has 0 aromatic rings. The van der Waals surface area contributed by atoms with E-state index in [0.717, 1.165) is 34.0 Å². The van der Waals surface area contributed by atoms with Gasteiger partial charge in [-0.3, -0.25) is 19.2 Å². The summed E-state index contributed by atoms with van der Waals surface area (Å²) in [6, 6.07) is -1.21. The van der Waals surface area contributed by atoms with Crippen molar-refractivity contribution in [2.75, 3.05) is 13.7 Å². The molecule has 0 aliphatic carbocycles. The van der Waals surface area contributed by atoms with Crippen molar-refractivity contribution < 1.29 is 52.8 Å². The van der Waals surface area contributed by atoms with Crippen LogP contribution in [0.4, 0.5) is 0 Å². The van der Waals surface area contributed by atoms with Gasteiger partial charge in [0.05, 0.1) is 13.2 Å². The number of carbonyl (C=O) groups excluding carboxylic acids is 5. The van der Waals surface area contributed by atoms with E-state index in [1.165, 1.54) is 6.92 Å². The average Bonchev–Trinajstić information content (AvgIpc) is 2.63. The minimum Gasteiger partial charge on any atom is -0.477 e. The van der Waals surface area contributed by atoms with E-state index in [2.05, 4.69) is 10.1 Å². The summed E-state index contributed by atoms with van der Waals surface area (Å²) in [6.07, 6.45) is -4.70. The summed E-state index contributed by atoms with van der Waals surface area (Å²) >= 11 is 0. The summed E-state index contributed by atoms with van der Waals surface area (Å²) in [6.45, 7) is 3.91. The van der Waals surface area contributed by atoms with Crippen LogP contribution in [0.1, 0.15) is 27.7 Å². The number of esters is 4. The molecule has 3 unspecified atom stereocenters. The van der Waals surface area contributed by atoms with Crippen molar-refractivity contribution in [3.8, 4) is 0 Å². The predicted molar refractivity (Wildman–Crippen MR) is 96.3 cm³/mol. The van der Waals surface area contributed by atoms with Crippen LogP contribution < -0.4 is 5.32 Å². The highest BCUT2D eigenvalue weighted by atomic mass is 16.6. The van der Waals surface area contributed by atoms with Gasteiger partial charge in [0.2, 0.25) is 11.7 Å². The summed E-state index contributed by atoms with van der Waals surface area (Å²) in [5.74, 6) is -4.23. The SMILES string of the molecule is COC(=O)C1=CC(O)C(NC(C)=O)C([C@H](OC(C)=O)[C@@H](COC(C)=O)OC(C)=O)O1. The number of nitrogens with one attached hydrogen (secondary N) is 1. The second-order valence-corrected chi connectivity index (χ2v) is 6.35. The van der Waals surface area contributed by atoms with Gasteiger partial charge in [-0.1, -0.05) is 0 Å². The van der Waals surface area contributed by atoms with Crippen molar-refractivity contribution in [2.45, 2.75) is 58.2 Å². The maximum Gasteiger partial charge on any atom is 0.373 e. The lowest BCUT2D eigenvalue weighted by atomic mass is 9.93. The molecular weight excluding hydrogens is 406 g/mol. The number of carbonyl (C=O) groups is 5. The molecule has 1 amide bonds. The highest BCUT2D eigenvalue weighted by Gasteiger charge is 2.47. The molecule has 0 aromatic carbocycles. The van der Waals surface area contributed by atoms with Gasteiger partial charge in [-0.15, -0.1) is 0 Å². The fraction of sp³-hybridized carbons (Fsp3) is 0.611. The Bertz CT molecular complexity index is 717. The second kappa shape index (κ2) is 11.1. The molecule has 0 fully saturated rings. The van der Waals surface area contributed by atoms with Crippen LogP contribution >= 0.6 is 0 Å². The molecule has 0 spiro atoms. The number of aliphatic hydroxyl groups is 1. The number of ether oxygens (including phenoxy) is 5. The molecule has 1 aliphatic heterocycles. The molecule has 0 bridgehead atoms. The van der Waals surface area contributed by atoms with E-state index in [0.29, 0.717) is 0 Å².